The molecule has 0 spiro atoms. The van der Waals surface area contributed by atoms with E-state index in [9.17, 15) is 5.11 Å². The summed E-state index contributed by atoms with van der Waals surface area (Å²) in [6, 6.07) is 0. The van der Waals surface area contributed by atoms with Crippen LogP contribution in [0, 0.1) is 51.2 Å². The van der Waals surface area contributed by atoms with Crippen molar-refractivity contribution in [3.63, 3.8) is 0 Å². The van der Waals surface area contributed by atoms with Crippen LogP contribution in [0.1, 0.15) is 71.6 Å². The lowest BCUT2D eigenvalue weighted by atomic mass is 9.44. The summed E-state index contributed by atoms with van der Waals surface area (Å²) < 4.78 is 0. The van der Waals surface area contributed by atoms with Gasteiger partial charge >= 0.3 is 0 Å². The second kappa shape index (κ2) is 5.77. The lowest BCUT2D eigenvalue weighted by molar-refractivity contribution is -0.124. The number of hydrogen-bond acceptors (Lipinski definition) is 1. The highest BCUT2D eigenvalue weighted by Crippen LogP contribution is 2.67. The van der Waals surface area contributed by atoms with Gasteiger partial charge in [-0.1, -0.05) is 19.8 Å². The van der Waals surface area contributed by atoms with Crippen molar-refractivity contribution in [1.82, 2.24) is 0 Å². The molecule has 0 radical (unpaired) electrons. The van der Waals surface area contributed by atoms with Crippen LogP contribution in [-0.2, 0) is 0 Å². The van der Waals surface area contributed by atoms with E-state index in [1.807, 2.05) is 0 Å². The van der Waals surface area contributed by atoms with Crippen LogP contribution in [0.3, 0.4) is 0 Å². The predicted molar refractivity (Wildman–Crippen MR) is 97.9 cm³/mol. The fourth-order valence-electron chi connectivity index (χ4n) is 7.54. The monoisotopic (exact) mass is 378 g/mol. The van der Waals surface area contributed by atoms with E-state index in [4.69, 9.17) is 0 Å². The number of aliphatic hydroxyl groups is 1. The summed E-state index contributed by atoms with van der Waals surface area (Å²) >= 11 is 3.34. The zero-order valence-electron chi connectivity index (χ0n) is 14.7. The first kappa shape index (κ1) is 16.5. The minimum absolute atomic E-state index is 0.0245. The van der Waals surface area contributed by atoms with E-state index in [1.165, 1.54) is 44.9 Å². The second-order valence-corrected chi connectivity index (χ2v) is 9.89. The molecule has 0 unspecified atom stereocenters. The van der Waals surface area contributed by atoms with Gasteiger partial charge in [0.25, 0.3) is 0 Å². The minimum atomic E-state index is -0.0245. The molecular weight excluding hydrogens is 348 g/mol. The fourth-order valence-corrected chi connectivity index (χ4v) is 7.81. The van der Waals surface area contributed by atoms with Crippen molar-refractivity contribution in [3.8, 4) is 10.8 Å². The van der Waals surface area contributed by atoms with Crippen molar-refractivity contribution in [2.24, 2.45) is 40.4 Å². The van der Waals surface area contributed by atoms with Crippen molar-refractivity contribution in [2.45, 2.75) is 77.7 Å². The van der Waals surface area contributed by atoms with Crippen LogP contribution in [-0.4, -0.2) is 11.2 Å². The Labute approximate surface area is 150 Å². The maximum atomic E-state index is 10.1. The van der Waals surface area contributed by atoms with Crippen LogP contribution in [0.5, 0.6) is 0 Å². The molecular formula is C21H31BrO. The molecule has 2 heteroatoms. The van der Waals surface area contributed by atoms with Crippen LogP contribution < -0.4 is 0 Å². The van der Waals surface area contributed by atoms with E-state index in [0.717, 1.165) is 36.5 Å². The quantitative estimate of drug-likeness (QED) is 0.562. The molecule has 4 aliphatic rings. The largest absolute Gasteiger partial charge is 0.393 e. The van der Waals surface area contributed by atoms with Gasteiger partial charge in [-0.25, -0.2) is 0 Å². The topological polar surface area (TPSA) is 20.2 Å². The number of halogens is 1. The number of hydrogen-bond donors (Lipinski definition) is 1. The number of fused-ring (bicyclic) bond motifs is 5. The van der Waals surface area contributed by atoms with Crippen molar-refractivity contribution in [3.05, 3.63) is 0 Å². The van der Waals surface area contributed by atoms with E-state index in [0.29, 0.717) is 16.7 Å². The van der Waals surface area contributed by atoms with Gasteiger partial charge in [0.2, 0.25) is 0 Å². The molecule has 1 N–H and O–H groups in total. The van der Waals surface area contributed by atoms with Gasteiger partial charge in [-0.2, -0.15) is 0 Å². The van der Waals surface area contributed by atoms with Gasteiger partial charge < -0.3 is 5.11 Å². The maximum absolute atomic E-state index is 10.1. The molecule has 4 saturated carbocycles. The van der Waals surface area contributed by atoms with E-state index < -0.39 is 0 Å². The van der Waals surface area contributed by atoms with Crippen molar-refractivity contribution in [1.29, 1.82) is 0 Å². The molecule has 1 nitrogen and oxygen atoms in total. The summed E-state index contributed by atoms with van der Waals surface area (Å²) in [5.74, 6) is 7.58. The van der Waals surface area contributed by atoms with Gasteiger partial charge in [-0.05, 0) is 97.1 Å². The summed E-state index contributed by atoms with van der Waals surface area (Å²) in [5, 5.41) is 10.1. The number of rotatable bonds is 0. The summed E-state index contributed by atoms with van der Waals surface area (Å²) in [4.78, 5) is 3.03. The van der Waals surface area contributed by atoms with Gasteiger partial charge in [0, 0.05) is 21.8 Å². The maximum Gasteiger partial charge on any atom is 0.0543 e. The lowest BCUT2D eigenvalue weighted by Crippen LogP contribution is -2.53. The third-order valence-corrected chi connectivity index (χ3v) is 9.10. The first-order valence-corrected chi connectivity index (χ1v) is 10.6. The Morgan fingerprint density at radius 3 is 2.43 bits per heavy atom. The molecule has 0 heterocycles. The van der Waals surface area contributed by atoms with Crippen LogP contribution in [0.25, 0.3) is 0 Å². The summed E-state index contributed by atoms with van der Waals surface area (Å²) in [7, 11) is 0. The van der Waals surface area contributed by atoms with Crippen LogP contribution >= 0.6 is 15.9 Å². The Bertz CT molecular complexity index is 534. The fraction of sp³-hybridized carbons (Fsp3) is 0.905. The normalized spacial score (nSPS) is 55.1. The highest BCUT2D eigenvalue weighted by Gasteiger charge is 2.59. The van der Waals surface area contributed by atoms with E-state index in [-0.39, 0.29) is 6.10 Å². The van der Waals surface area contributed by atoms with E-state index in [2.05, 4.69) is 40.5 Å². The minimum Gasteiger partial charge on any atom is -0.393 e. The molecule has 4 aliphatic carbocycles. The average Bonchev–Trinajstić information content (AvgIpc) is 2.85. The molecule has 0 aromatic carbocycles. The van der Waals surface area contributed by atoms with Gasteiger partial charge in [0.05, 0.1) is 6.10 Å². The highest BCUT2D eigenvalue weighted by atomic mass is 79.9. The van der Waals surface area contributed by atoms with Gasteiger partial charge in [0.1, 0.15) is 0 Å². The third kappa shape index (κ3) is 2.36. The van der Waals surface area contributed by atoms with E-state index in [1.54, 1.807) is 0 Å². The Kier molecular flexibility index (Phi) is 4.13. The predicted octanol–water partition coefficient (Wildman–Crippen LogP) is 5.36. The SMILES string of the molecule is C[C@]12CC[C@@H](O)C[C@@H]1CC[C@@H]1[C@@H]2CC[C@]2(C)[C@@H](C#CBr)CC[C@@H]12. The first-order valence-electron chi connectivity index (χ1n) is 9.78. The van der Waals surface area contributed by atoms with Crippen molar-refractivity contribution < 1.29 is 5.11 Å². The van der Waals surface area contributed by atoms with E-state index >= 15 is 0 Å². The molecule has 0 amide bonds. The van der Waals surface area contributed by atoms with Crippen LogP contribution in [0.4, 0.5) is 0 Å². The van der Waals surface area contributed by atoms with Gasteiger partial charge in [-0.15, -0.1) is 0 Å². The molecule has 4 rings (SSSR count). The summed E-state index contributed by atoms with van der Waals surface area (Å²) in [6.45, 7) is 5.12. The molecule has 23 heavy (non-hydrogen) atoms. The van der Waals surface area contributed by atoms with Crippen LogP contribution in [0.2, 0.25) is 0 Å². The van der Waals surface area contributed by atoms with Gasteiger partial charge in [-0.3, -0.25) is 0 Å². The first-order chi connectivity index (χ1) is 11.0. The molecule has 0 aromatic rings. The smallest absolute Gasteiger partial charge is 0.0543 e. The summed E-state index contributed by atoms with van der Waals surface area (Å²) in [6.07, 6.45) is 11.6. The van der Waals surface area contributed by atoms with Gasteiger partial charge in [0.15, 0.2) is 0 Å². The Morgan fingerprint density at radius 2 is 1.65 bits per heavy atom. The molecule has 0 saturated heterocycles. The molecule has 0 bridgehead atoms. The summed E-state index contributed by atoms with van der Waals surface area (Å²) in [5.41, 5.74) is 0.960. The average molecular weight is 379 g/mol. The van der Waals surface area contributed by atoms with Crippen molar-refractivity contribution in [2.75, 3.05) is 0 Å². The molecule has 0 aliphatic heterocycles. The second-order valence-electron chi connectivity index (χ2n) is 9.50. The molecule has 8 atom stereocenters. The van der Waals surface area contributed by atoms with Crippen molar-refractivity contribution >= 4 is 15.9 Å². The van der Waals surface area contributed by atoms with Crippen LogP contribution in [0.15, 0.2) is 0 Å². The molecule has 0 aromatic heterocycles. The lowest BCUT2D eigenvalue weighted by Gasteiger charge is -2.60. The molecule has 128 valence electrons. The number of aliphatic hydroxyl groups excluding tert-OH is 1. The Balaban J connectivity index is 1.61. The third-order valence-electron chi connectivity index (χ3n) is 8.87. The zero-order valence-corrected chi connectivity index (χ0v) is 16.2. The highest BCUT2D eigenvalue weighted by molar-refractivity contribution is 9.12. The molecule has 4 fully saturated rings. The standard InChI is InChI=1S/C21H31BrO/c1-20-11-8-19-17(18(20)6-4-14(20)9-12-22)5-3-15-13-16(23)7-10-21(15,19)2/h14-19,23H,3-8,10-11,13H2,1-2H3/t14-,15+,16-,17+,18+,19+,20-,21+/m1/s1. The zero-order chi connectivity index (χ0) is 16.2. The Hall–Kier alpha value is 0. The Morgan fingerprint density at radius 1 is 0.913 bits per heavy atom.